The predicted molar refractivity (Wildman–Crippen MR) is 66.5 cm³/mol. The second-order valence-electron chi connectivity index (χ2n) is 4.42. The van der Waals surface area contributed by atoms with Crippen LogP contribution >= 0.6 is 0 Å². The number of nitrogens with zero attached hydrogens (tertiary/aromatic N) is 1. The first kappa shape index (κ1) is 11.8. The molecule has 0 bridgehead atoms. The van der Waals surface area contributed by atoms with E-state index < -0.39 is 5.82 Å². The number of anilines is 1. The molecule has 0 aliphatic heterocycles. The van der Waals surface area contributed by atoms with Crippen LogP contribution in [0.5, 0.6) is 11.5 Å². The van der Waals surface area contributed by atoms with E-state index in [1.165, 1.54) is 25.3 Å². The van der Waals surface area contributed by atoms with E-state index in [0.717, 1.165) is 12.8 Å². The third kappa shape index (κ3) is 2.33. The van der Waals surface area contributed by atoms with Crippen LogP contribution in [0.15, 0.2) is 22.7 Å². The van der Waals surface area contributed by atoms with Gasteiger partial charge in [-0.3, -0.25) is 0 Å². The highest BCUT2D eigenvalue weighted by atomic mass is 19.1. The SMILES string of the molecule is COc1cc(F)cc(-c2cc(N)on2)c1OC1CC1. The number of benzene rings is 1. The number of halogens is 1. The normalized spacial score (nSPS) is 14.4. The zero-order chi connectivity index (χ0) is 13.4. The number of hydrogen-bond acceptors (Lipinski definition) is 5. The van der Waals surface area contributed by atoms with E-state index in [1.54, 1.807) is 0 Å². The molecular weight excluding hydrogens is 251 g/mol. The van der Waals surface area contributed by atoms with E-state index in [-0.39, 0.29) is 12.0 Å². The van der Waals surface area contributed by atoms with Crippen LogP contribution in [-0.2, 0) is 0 Å². The lowest BCUT2D eigenvalue weighted by atomic mass is 10.1. The molecule has 3 rings (SSSR count). The maximum absolute atomic E-state index is 13.6. The molecule has 1 saturated carbocycles. The number of hydrogen-bond donors (Lipinski definition) is 1. The fourth-order valence-corrected chi connectivity index (χ4v) is 1.80. The van der Waals surface area contributed by atoms with Gasteiger partial charge in [0, 0.05) is 12.1 Å². The van der Waals surface area contributed by atoms with Gasteiger partial charge in [0.2, 0.25) is 5.88 Å². The van der Waals surface area contributed by atoms with Crippen molar-refractivity contribution in [3.05, 3.63) is 24.0 Å². The van der Waals surface area contributed by atoms with Crippen LogP contribution in [-0.4, -0.2) is 18.4 Å². The molecule has 0 spiro atoms. The largest absolute Gasteiger partial charge is 0.493 e. The minimum absolute atomic E-state index is 0.155. The van der Waals surface area contributed by atoms with Gasteiger partial charge in [0.1, 0.15) is 11.5 Å². The van der Waals surface area contributed by atoms with Gasteiger partial charge in [-0.05, 0) is 18.9 Å². The van der Waals surface area contributed by atoms with Crippen molar-refractivity contribution in [2.75, 3.05) is 12.8 Å². The lowest BCUT2D eigenvalue weighted by Crippen LogP contribution is -2.01. The molecule has 0 saturated heterocycles. The molecule has 6 heteroatoms. The van der Waals surface area contributed by atoms with Crippen LogP contribution in [0.3, 0.4) is 0 Å². The van der Waals surface area contributed by atoms with Crippen molar-refractivity contribution < 1.29 is 18.4 Å². The minimum atomic E-state index is -0.434. The van der Waals surface area contributed by atoms with Crippen molar-refractivity contribution in [2.45, 2.75) is 18.9 Å². The first-order valence-electron chi connectivity index (χ1n) is 5.94. The van der Waals surface area contributed by atoms with Crippen molar-refractivity contribution in [1.29, 1.82) is 0 Å². The molecule has 1 aromatic heterocycles. The fourth-order valence-electron chi connectivity index (χ4n) is 1.80. The Morgan fingerprint density at radius 3 is 2.74 bits per heavy atom. The van der Waals surface area contributed by atoms with E-state index in [0.29, 0.717) is 22.8 Å². The second kappa shape index (κ2) is 4.46. The predicted octanol–water partition coefficient (Wildman–Crippen LogP) is 2.61. The van der Waals surface area contributed by atoms with E-state index in [2.05, 4.69) is 5.16 Å². The fraction of sp³-hybridized carbons (Fsp3) is 0.308. The Morgan fingerprint density at radius 1 is 1.37 bits per heavy atom. The van der Waals surface area contributed by atoms with Gasteiger partial charge in [0.05, 0.1) is 18.8 Å². The van der Waals surface area contributed by atoms with Gasteiger partial charge in [0.15, 0.2) is 11.5 Å². The molecule has 1 fully saturated rings. The molecule has 5 nitrogen and oxygen atoms in total. The summed E-state index contributed by atoms with van der Waals surface area (Å²) in [5.41, 5.74) is 6.39. The van der Waals surface area contributed by atoms with E-state index in [4.69, 9.17) is 19.7 Å². The molecule has 0 atom stereocenters. The topological polar surface area (TPSA) is 70.5 Å². The minimum Gasteiger partial charge on any atom is -0.493 e. The molecule has 0 radical (unpaired) electrons. The second-order valence-corrected chi connectivity index (χ2v) is 4.42. The van der Waals surface area contributed by atoms with Crippen LogP contribution in [0.2, 0.25) is 0 Å². The highest BCUT2D eigenvalue weighted by Gasteiger charge is 2.28. The quantitative estimate of drug-likeness (QED) is 0.919. The first-order valence-corrected chi connectivity index (χ1v) is 5.94. The van der Waals surface area contributed by atoms with E-state index in [9.17, 15) is 4.39 Å². The van der Waals surface area contributed by atoms with Crippen molar-refractivity contribution in [1.82, 2.24) is 5.16 Å². The zero-order valence-electron chi connectivity index (χ0n) is 10.4. The van der Waals surface area contributed by atoms with E-state index >= 15 is 0 Å². The summed E-state index contributed by atoms with van der Waals surface area (Å²) in [5.74, 6) is 0.537. The molecule has 2 aromatic rings. The lowest BCUT2D eigenvalue weighted by Gasteiger charge is -2.13. The third-order valence-corrected chi connectivity index (χ3v) is 2.85. The van der Waals surface area contributed by atoms with Crippen LogP contribution < -0.4 is 15.2 Å². The summed E-state index contributed by atoms with van der Waals surface area (Å²) in [7, 11) is 1.47. The van der Waals surface area contributed by atoms with Crippen LogP contribution in [0.25, 0.3) is 11.3 Å². The highest BCUT2D eigenvalue weighted by Crippen LogP contribution is 2.42. The van der Waals surface area contributed by atoms with Gasteiger partial charge in [-0.1, -0.05) is 5.16 Å². The first-order chi connectivity index (χ1) is 9.17. The standard InChI is InChI=1S/C13H13FN2O3/c1-17-11-5-7(14)4-9(10-6-12(15)19-16-10)13(11)18-8-2-3-8/h4-6,8H,2-3,15H2,1H3. The lowest BCUT2D eigenvalue weighted by molar-refractivity contribution is 0.282. The number of methoxy groups -OCH3 is 1. The monoisotopic (exact) mass is 264 g/mol. The molecule has 1 heterocycles. The maximum Gasteiger partial charge on any atom is 0.222 e. The van der Waals surface area contributed by atoms with Gasteiger partial charge < -0.3 is 19.7 Å². The third-order valence-electron chi connectivity index (χ3n) is 2.85. The molecule has 0 amide bonds. The number of rotatable bonds is 4. The number of ether oxygens (including phenoxy) is 2. The summed E-state index contributed by atoms with van der Waals surface area (Å²) in [4.78, 5) is 0. The van der Waals surface area contributed by atoms with Crippen molar-refractivity contribution in [3.8, 4) is 22.8 Å². The Balaban J connectivity index is 2.11. The van der Waals surface area contributed by atoms with Crippen molar-refractivity contribution >= 4 is 5.88 Å². The van der Waals surface area contributed by atoms with Crippen molar-refractivity contribution in [2.24, 2.45) is 0 Å². The highest BCUT2D eigenvalue weighted by molar-refractivity contribution is 5.72. The summed E-state index contributed by atoms with van der Waals surface area (Å²) in [6.07, 6.45) is 2.13. The molecule has 1 aliphatic rings. The number of aromatic nitrogens is 1. The smallest absolute Gasteiger partial charge is 0.222 e. The molecule has 1 aromatic carbocycles. The molecule has 100 valence electrons. The van der Waals surface area contributed by atoms with Gasteiger partial charge in [-0.15, -0.1) is 0 Å². The van der Waals surface area contributed by atoms with Crippen molar-refractivity contribution in [3.63, 3.8) is 0 Å². The Morgan fingerprint density at radius 2 is 2.16 bits per heavy atom. The Hall–Kier alpha value is -2.24. The Bertz CT molecular complexity index is 608. The number of nitrogen functional groups attached to an aromatic ring is 1. The Labute approximate surface area is 109 Å². The molecule has 0 unspecified atom stereocenters. The van der Waals surface area contributed by atoms with Crippen LogP contribution in [0, 0.1) is 5.82 Å². The summed E-state index contributed by atoms with van der Waals surface area (Å²) in [6, 6.07) is 4.14. The summed E-state index contributed by atoms with van der Waals surface area (Å²) in [6.45, 7) is 0. The zero-order valence-corrected chi connectivity index (χ0v) is 10.4. The maximum atomic E-state index is 13.6. The summed E-state index contributed by atoms with van der Waals surface area (Å²) >= 11 is 0. The summed E-state index contributed by atoms with van der Waals surface area (Å²) in [5, 5.41) is 3.79. The van der Waals surface area contributed by atoms with Gasteiger partial charge in [-0.25, -0.2) is 4.39 Å². The number of nitrogens with two attached hydrogens (primary N) is 1. The van der Waals surface area contributed by atoms with Gasteiger partial charge in [0.25, 0.3) is 0 Å². The Kier molecular flexibility index (Phi) is 2.77. The summed E-state index contributed by atoms with van der Waals surface area (Å²) < 4.78 is 29.4. The van der Waals surface area contributed by atoms with Gasteiger partial charge >= 0.3 is 0 Å². The molecule has 19 heavy (non-hydrogen) atoms. The molecule has 2 N–H and O–H groups in total. The van der Waals surface area contributed by atoms with E-state index in [1.807, 2.05) is 0 Å². The van der Waals surface area contributed by atoms with Crippen LogP contribution in [0.1, 0.15) is 12.8 Å². The van der Waals surface area contributed by atoms with Crippen LogP contribution in [0.4, 0.5) is 10.3 Å². The average Bonchev–Trinajstić information content (AvgIpc) is 3.11. The molecular formula is C13H13FN2O3. The molecule has 1 aliphatic carbocycles. The average molecular weight is 264 g/mol. The van der Waals surface area contributed by atoms with Gasteiger partial charge in [-0.2, -0.15) is 0 Å².